The summed E-state index contributed by atoms with van der Waals surface area (Å²) in [5, 5.41) is 18.7. The van der Waals surface area contributed by atoms with E-state index in [-0.39, 0.29) is 61.6 Å². The lowest BCUT2D eigenvalue weighted by Crippen LogP contribution is -2.57. The van der Waals surface area contributed by atoms with Gasteiger partial charge in [0.2, 0.25) is 23.6 Å². The number of rotatable bonds is 17. The second kappa shape index (κ2) is 19.0. The first kappa shape index (κ1) is 42.5. The van der Waals surface area contributed by atoms with Crippen LogP contribution in [0.2, 0.25) is 0 Å². The Bertz CT molecular complexity index is 1990. The van der Waals surface area contributed by atoms with Crippen LogP contribution in [0.4, 0.5) is 0 Å². The van der Waals surface area contributed by atoms with Gasteiger partial charge in [0.05, 0.1) is 34.9 Å². The van der Waals surface area contributed by atoms with Crippen LogP contribution < -0.4 is 16.4 Å². The van der Waals surface area contributed by atoms with Gasteiger partial charge in [0.1, 0.15) is 12.1 Å². The molecule has 0 saturated carbocycles. The van der Waals surface area contributed by atoms with Gasteiger partial charge in [0.25, 0.3) is 0 Å². The lowest BCUT2D eigenvalue weighted by molar-refractivity contribution is -0.144. The largest absolute Gasteiger partial charge is 0.391 e. The number of amides is 4. The van der Waals surface area contributed by atoms with Crippen LogP contribution >= 0.6 is 11.3 Å². The predicted molar refractivity (Wildman–Crippen MR) is 220 cm³/mol. The predicted octanol–water partition coefficient (Wildman–Crippen LogP) is 6.21. The molecule has 1 fully saturated rings. The number of carbonyl (C=O) groups is 4. The molecule has 12 heteroatoms. The molecular weight excluding hydrogens is 727 g/mol. The van der Waals surface area contributed by atoms with Crippen LogP contribution in [0.15, 0.2) is 66.2 Å². The Kier molecular flexibility index (Phi) is 14.4. The van der Waals surface area contributed by atoms with Crippen molar-refractivity contribution < 1.29 is 29.0 Å². The van der Waals surface area contributed by atoms with E-state index in [2.05, 4.69) is 58.9 Å². The highest BCUT2D eigenvalue weighted by Gasteiger charge is 2.44. The lowest BCUT2D eigenvalue weighted by atomic mass is 9.85. The van der Waals surface area contributed by atoms with E-state index in [9.17, 15) is 24.3 Å². The van der Waals surface area contributed by atoms with Crippen molar-refractivity contribution in [2.24, 2.45) is 17.1 Å². The molecule has 0 radical (unpaired) electrons. The number of aromatic nitrogens is 1. The van der Waals surface area contributed by atoms with Crippen molar-refractivity contribution in [3.63, 3.8) is 0 Å². The Morgan fingerprint density at radius 1 is 0.982 bits per heavy atom. The first-order chi connectivity index (χ1) is 26.6. The van der Waals surface area contributed by atoms with Gasteiger partial charge in [-0.3, -0.25) is 19.2 Å². The molecule has 1 aliphatic rings. The van der Waals surface area contributed by atoms with Crippen molar-refractivity contribution in [3.05, 3.63) is 88.6 Å². The zero-order valence-electron chi connectivity index (χ0n) is 33.5. The van der Waals surface area contributed by atoms with Crippen molar-refractivity contribution in [2.75, 3.05) is 6.54 Å². The number of β-amino-alcohol motifs (C(OH)–C–C–N with tert-alkyl or cyclic N) is 1. The van der Waals surface area contributed by atoms with Gasteiger partial charge in [-0.1, -0.05) is 82.3 Å². The van der Waals surface area contributed by atoms with E-state index in [0.717, 1.165) is 43.6 Å². The minimum Gasteiger partial charge on any atom is -0.391 e. The minimum atomic E-state index is -0.876. The van der Waals surface area contributed by atoms with E-state index in [1.165, 1.54) is 4.90 Å². The Morgan fingerprint density at radius 3 is 2.29 bits per heavy atom. The summed E-state index contributed by atoms with van der Waals surface area (Å²) in [6, 6.07) is 18.8. The third kappa shape index (κ3) is 11.5. The smallest absolute Gasteiger partial charge is 0.246 e. The molecule has 1 aliphatic heterocycles. The van der Waals surface area contributed by atoms with Gasteiger partial charge < -0.3 is 31.1 Å². The van der Waals surface area contributed by atoms with E-state index >= 15 is 0 Å². The van der Waals surface area contributed by atoms with E-state index < -0.39 is 23.6 Å². The van der Waals surface area contributed by atoms with E-state index in [4.69, 9.17) is 10.5 Å². The van der Waals surface area contributed by atoms with Gasteiger partial charge in [0, 0.05) is 32.4 Å². The highest BCUT2D eigenvalue weighted by Crippen LogP contribution is 2.29. The van der Waals surface area contributed by atoms with E-state index in [0.29, 0.717) is 32.3 Å². The van der Waals surface area contributed by atoms with Crippen LogP contribution in [-0.2, 0) is 43.5 Å². The maximum Gasteiger partial charge on any atom is 0.246 e. The number of carbonyl (C=O) groups excluding carboxylic acids is 4. The van der Waals surface area contributed by atoms with Crippen LogP contribution in [0.3, 0.4) is 0 Å². The number of fused-ring (bicyclic) bond motifs is 1. The average Bonchev–Trinajstić information content (AvgIpc) is 3.78. The van der Waals surface area contributed by atoms with Crippen LogP contribution in [0, 0.1) is 18.3 Å². The number of thiazole rings is 1. The van der Waals surface area contributed by atoms with Gasteiger partial charge in [0.15, 0.2) is 0 Å². The van der Waals surface area contributed by atoms with Crippen molar-refractivity contribution in [2.45, 2.75) is 118 Å². The number of nitrogens with zero attached hydrogens (tertiary/aromatic N) is 2. The summed E-state index contributed by atoms with van der Waals surface area (Å²) < 4.78 is 6.08. The fourth-order valence-electron chi connectivity index (χ4n) is 7.05. The molecule has 0 aliphatic carbocycles. The van der Waals surface area contributed by atoms with Gasteiger partial charge in [-0.15, -0.1) is 11.3 Å². The third-order valence-electron chi connectivity index (χ3n) is 10.7. The number of likely N-dealkylation sites (tertiary alicyclic amines) is 1. The maximum atomic E-state index is 14.0. The van der Waals surface area contributed by atoms with Crippen molar-refractivity contribution in [3.8, 4) is 10.4 Å². The molecule has 3 aromatic carbocycles. The van der Waals surface area contributed by atoms with Crippen LogP contribution in [0.1, 0.15) is 89.1 Å². The summed E-state index contributed by atoms with van der Waals surface area (Å²) in [6.07, 6.45) is 1.86. The first-order valence-electron chi connectivity index (χ1n) is 19.6. The zero-order chi connectivity index (χ0) is 40.6. The summed E-state index contributed by atoms with van der Waals surface area (Å²) in [5.41, 5.74) is 11.6. The number of hydrogen-bond acceptors (Lipinski definition) is 8. The number of nitrogens with two attached hydrogens (primary N) is 1. The molecule has 1 saturated heterocycles. The molecule has 11 nitrogen and oxygen atoms in total. The molecule has 4 aromatic rings. The summed E-state index contributed by atoms with van der Waals surface area (Å²) in [4.78, 5) is 58.7. The second-order valence-electron chi connectivity index (χ2n) is 16.3. The standard InChI is InChI=1S/C44H57N5O6S/c1-27(10-19-38(45)51)29(3)55-25-32-14-18-34-20-30(11-17-35(34)21-32)8-7-9-39(52)48-41(44(4,5)6)43(54)49-24-36(50)22-37(49)42(53)46-23-31-12-15-33(16-13-31)40-28(2)47-26-56-40/h11-18,20-21,26-27,29,36-37,41,50H,7-10,19,22-25H2,1-6H3,(H2,45,51)(H,46,53)(H,48,52)/t27-,29+,36+,37-,41+/m0/s1. The number of aliphatic hydroxyl groups is 1. The SMILES string of the molecule is Cc1ncsc1-c1ccc(CNC(=O)[C@@H]2C[C@@H](O)CN2C(=O)[C@@H](NC(=O)CCCc2ccc3cc(CO[C@H](C)[C@@H](C)CCC(N)=O)ccc3c2)C(C)(C)C)cc1. The number of benzene rings is 3. The van der Waals surface area contributed by atoms with Gasteiger partial charge in [-0.25, -0.2) is 4.98 Å². The number of hydrogen-bond donors (Lipinski definition) is 4. The van der Waals surface area contributed by atoms with Gasteiger partial charge in [-0.05, 0) is 83.5 Å². The molecule has 300 valence electrons. The van der Waals surface area contributed by atoms with Crippen LogP contribution in [0.5, 0.6) is 0 Å². The van der Waals surface area contributed by atoms with Crippen molar-refractivity contribution in [1.82, 2.24) is 20.5 Å². The molecule has 0 spiro atoms. The van der Waals surface area contributed by atoms with Crippen LogP contribution in [0.25, 0.3) is 21.2 Å². The van der Waals surface area contributed by atoms with E-state index in [1.54, 1.807) is 11.3 Å². The highest BCUT2D eigenvalue weighted by molar-refractivity contribution is 7.13. The minimum absolute atomic E-state index is 0.00204. The number of aliphatic hydroxyl groups excluding tert-OH is 1. The Labute approximate surface area is 334 Å². The molecule has 2 heterocycles. The Morgan fingerprint density at radius 2 is 1.64 bits per heavy atom. The summed E-state index contributed by atoms with van der Waals surface area (Å²) in [7, 11) is 0. The molecule has 5 N–H and O–H groups in total. The number of ether oxygens (including phenoxy) is 1. The lowest BCUT2D eigenvalue weighted by Gasteiger charge is -2.35. The molecular formula is C44H57N5O6S. The monoisotopic (exact) mass is 783 g/mol. The van der Waals surface area contributed by atoms with Crippen LogP contribution in [-0.4, -0.2) is 69.5 Å². The molecule has 0 bridgehead atoms. The molecule has 4 amide bonds. The van der Waals surface area contributed by atoms with Crippen molar-refractivity contribution in [1.29, 1.82) is 0 Å². The second-order valence-corrected chi connectivity index (χ2v) is 17.2. The van der Waals surface area contributed by atoms with Gasteiger partial charge >= 0.3 is 0 Å². The van der Waals surface area contributed by atoms with E-state index in [1.807, 2.05) is 64.4 Å². The third-order valence-corrected chi connectivity index (χ3v) is 11.7. The quantitative estimate of drug-likeness (QED) is 0.0990. The molecule has 0 unspecified atom stereocenters. The maximum absolute atomic E-state index is 14.0. The van der Waals surface area contributed by atoms with Crippen molar-refractivity contribution >= 4 is 45.7 Å². The summed E-state index contributed by atoms with van der Waals surface area (Å²) in [6.45, 7) is 12.5. The Balaban J connectivity index is 1.12. The first-order valence-corrected chi connectivity index (χ1v) is 20.4. The molecule has 5 atom stereocenters. The number of aryl methyl sites for hydroxylation is 2. The Hall–Kier alpha value is -4.65. The normalized spacial score (nSPS) is 17.4. The van der Waals surface area contributed by atoms with Gasteiger partial charge in [-0.2, -0.15) is 0 Å². The zero-order valence-corrected chi connectivity index (χ0v) is 34.3. The molecule has 5 rings (SSSR count). The number of nitrogens with one attached hydrogen (secondary N) is 2. The average molecular weight is 784 g/mol. The fourth-order valence-corrected chi connectivity index (χ4v) is 7.86. The topological polar surface area (TPSA) is 164 Å². The molecule has 56 heavy (non-hydrogen) atoms. The summed E-state index contributed by atoms with van der Waals surface area (Å²) in [5.74, 6) is -1.03. The highest BCUT2D eigenvalue weighted by atomic mass is 32.1. The summed E-state index contributed by atoms with van der Waals surface area (Å²) >= 11 is 1.58. The molecule has 1 aromatic heterocycles. The fraction of sp³-hybridized carbons (Fsp3) is 0.477. The number of primary amides is 1.